The minimum atomic E-state index is 0.457. The first-order valence-corrected chi connectivity index (χ1v) is 7.76. The first-order chi connectivity index (χ1) is 11.1. The Hall–Kier alpha value is -2.30. The van der Waals surface area contributed by atoms with E-state index >= 15 is 0 Å². The summed E-state index contributed by atoms with van der Waals surface area (Å²) in [7, 11) is 0. The summed E-state index contributed by atoms with van der Waals surface area (Å²) in [4.78, 5) is 8.78. The molecule has 3 rings (SSSR count). The number of para-hydroxylation sites is 2. The van der Waals surface area contributed by atoms with Crippen LogP contribution < -0.4 is 10.6 Å². The molecule has 0 atom stereocenters. The Morgan fingerprint density at radius 3 is 2.00 bits per heavy atom. The minimum absolute atomic E-state index is 0.457. The van der Waals surface area contributed by atoms with E-state index in [0.29, 0.717) is 21.8 Å². The number of hydrogen-bond acceptors (Lipinski definition) is 4. The van der Waals surface area contributed by atoms with Gasteiger partial charge in [-0.2, -0.15) is 4.98 Å². The summed E-state index contributed by atoms with van der Waals surface area (Å²) in [5.41, 5.74) is 2.45. The number of aromatic nitrogens is 2. The maximum absolute atomic E-state index is 6.18. The first-order valence-electron chi connectivity index (χ1n) is 7.00. The van der Waals surface area contributed by atoms with Crippen LogP contribution in [-0.2, 0) is 0 Å². The number of nitrogens with one attached hydrogen (secondary N) is 2. The van der Waals surface area contributed by atoms with Gasteiger partial charge >= 0.3 is 0 Å². The molecular formula is C17H14Cl2N4. The Bertz CT molecular complexity index is 836. The molecule has 0 bridgehead atoms. The topological polar surface area (TPSA) is 49.8 Å². The first kappa shape index (κ1) is 15.6. The predicted molar refractivity (Wildman–Crippen MR) is 96.2 cm³/mol. The fraction of sp³-hybridized carbons (Fsp3) is 0.0588. The maximum atomic E-state index is 6.18. The molecule has 23 heavy (non-hydrogen) atoms. The van der Waals surface area contributed by atoms with Gasteiger partial charge in [0.2, 0.25) is 5.95 Å². The zero-order valence-electron chi connectivity index (χ0n) is 12.3. The number of rotatable bonds is 4. The molecule has 2 aromatic carbocycles. The summed E-state index contributed by atoms with van der Waals surface area (Å²) in [6.45, 7) is 1.93. The molecule has 4 nitrogen and oxygen atoms in total. The fourth-order valence-corrected chi connectivity index (χ4v) is 2.37. The molecule has 0 saturated carbocycles. The molecule has 116 valence electrons. The van der Waals surface area contributed by atoms with E-state index in [1.165, 1.54) is 0 Å². The normalized spacial score (nSPS) is 10.4. The quantitative estimate of drug-likeness (QED) is 0.648. The van der Waals surface area contributed by atoms with Crippen LogP contribution in [0.2, 0.25) is 10.0 Å². The molecule has 1 heterocycles. The third kappa shape index (κ3) is 3.73. The summed E-state index contributed by atoms with van der Waals surface area (Å²) in [5.74, 6) is 1.14. The number of hydrogen-bond donors (Lipinski definition) is 2. The van der Waals surface area contributed by atoms with Crippen molar-refractivity contribution in [1.82, 2.24) is 9.97 Å². The highest BCUT2D eigenvalue weighted by molar-refractivity contribution is 6.33. The smallest absolute Gasteiger partial charge is 0.229 e. The van der Waals surface area contributed by atoms with Crippen LogP contribution in [0.4, 0.5) is 23.1 Å². The summed E-state index contributed by atoms with van der Waals surface area (Å²) in [5, 5.41) is 7.58. The van der Waals surface area contributed by atoms with Gasteiger partial charge in [-0.1, -0.05) is 47.5 Å². The van der Waals surface area contributed by atoms with Gasteiger partial charge < -0.3 is 10.6 Å². The standard InChI is InChI=1S/C17H14Cl2N4/c1-11-10-20-17(22-15-9-5-3-7-13(15)19)23-16(11)21-14-8-4-2-6-12(14)18/h2-10H,1H3,(H2,20,21,22,23). The van der Waals surface area contributed by atoms with E-state index in [1.54, 1.807) is 12.3 Å². The monoisotopic (exact) mass is 344 g/mol. The summed E-state index contributed by atoms with van der Waals surface area (Å²) >= 11 is 12.3. The van der Waals surface area contributed by atoms with E-state index in [2.05, 4.69) is 20.6 Å². The molecule has 0 fully saturated rings. The van der Waals surface area contributed by atoms with Crippen molar-refractivity contribution in [2.75, 3.05) is 10.6 Å². The lowest BCUT2D eigenvalue weighted by Gasteiger charge is -2.12. The molecule has 6 heteroatoms. The molecule has 0 spiro atoms. The SMILES string of the molecule is Cc1cnc(Nc2ccccc2Cl)nc1Nc1ccccc1Cl. The Labute approximate surface area is 144 Å². The van der Waals surface area contributed by atoms with Crippen LogP contribution in [0.1, 0.15) is 5.56 Å². The van der Waals surface area contributed by atoms with Crippen LogP contribution in [0.25, 0.3) is 0 Å². The Balaban J connectivity index is 1.88. The van der Waals surface area contributed by atoms with Crippen molar-refractivity contribution in [1.29, 1.82) is 0 Å². The van der Waals surface area contributed by atoms with Gasteiger partial charge in [-0.15, -0.1) is 0 Å². The molecule has 3 aromatic rings. The number of anilines is 4. The van der Waals surface area contributed by atoms with Crippen molar-refractivity contribution >= 4 is 46.3 Å². The van der Waals surface area contributed by atoms with Crippen LogP contribution in [0.3, 0.4) is 0 Å². The Morgan fingerprint density at radius 2 is 1.39 bits per heavy atom. The molecule has 0 aliphatic rings. The van der Waals surface area contributed by atoms with Crippen LogP contribution in [0.15, 0.2) is 54.7 Å². The summed E-state index contributed by atoms with van der Waals surface area (Å²) in [6.07, 6.45) is 1.74. The second-order valence-corrected chi connectivity index (χ2v) is 5.75. The molecule has 0 radical (unpaired) electrons. The predicted octanol–water partition coefficient (Wildman–Crippen LogP) is 5.58. The van der Waals surface area contributed by atoms with Crippen molar-refractivity contribution in [3.8, 4) is 0 Å². The van der Waals surface area contributed by atoms with E-state index in [4.69, 9.17) is 23.2 Å². The molecular weight excluding hydrogens is 331 g/mol. The molecule has 0 aliphatic heterocycles. The lowest BCUT2D eigenvalue weighted by atomic mass is 10.3. The van der Waals surface area contributed by atoms with Crippen molar-refractivity contribution < 1.29 is 0 Å². The lowest BCUT2D eigenvalue weighted by Crippen LogP contribution is -2.03. The van der Waals surface area contributed by atoms with Crippen LogP contribution in [-0.4, -0.2) is 9.97 Å². The van der Waals surface area contributed by atoms with E-state index in [-0.39, 0.29) is 0 Å². The summed E-state index contributed by atoms with van der Waals surface area (Å²) in [6, 6.07) is 14.9. The van der Waals surface area contributed by atoms with E-state index < -0.39 is 0 Å². The van der Waals surface area contributed by atoms with Crippen molar-refractivity contribution in [2.45, 2.75) is 6.92 Å². The fourth-order valence-electron chi connectivity index (χ4n) is 2.00. The summed E-state index contributed by atoms with van der Waals surface area (Å²) < 4.78 is 0. The number of benzene rings is 2. The average molecular weight is 345 g/mol. The molecule has 1 aromatic heterocycles. The van der Waals surface area contributed by atoms with E-state index in [0.717, 1.165) is 16.9 Å². The zero-order valence-corrected chi connectivity index (χ0v) is 13.9. The zero-order chi connectivity index (χ0) is 16.2. The van der Waals surface area contributed by atoms with Gasteiger partial charge in [-0.25, -0.2) is 4.98 Å². The second kappa shape index (κ2) is 6.86. The molecule has 2 N–H and O–H groups in total. The number of aryl methyl sites for hydroxylation is 1. The highest BCUT2D eigenvalue weighted by atomic mass is 35.5. The van der Waals surface area contributed by atoms with Gasteiger partial charge in [0.15, 0.2) is 0 Å². The van der Waals surface area contributed by atoms with Crippen molar-refractivity contribution in [2.24, 2.45) is 0 Å². The largest absolute Gasteiger partial charge is 0.339 e. The van der Waals surface area contributed by atoms with Crippen molar-refractivity contribution in [3.05, 3.63) is 70.3 Å². The molecule has 0 amide bonds. The Kier molecular flexibility index (Phi) is 4.65. The van der Waals surface area contributed by atoms with Gasteiger partial charge in [0, 0.05) is 11.8 Å². The maximum Gasteiger partial charge on any atom is 0.229 e. The number of halogens is 2. The van der Waals surface area contributed by atoms with Crippen LogP contribution >= 0.6 is 23.2 Å². The van der Waals surface area contributed by atoms with Crippen molar-refractivity contribution in [3.63, 3.8) is 0 Å². The van der Waals surface area contributed by atoms with E-state index in [1.807, 2.05) is 49.4 Å². The van der Waals surface area contributed by atoms with E-state index in [9.17, 15) is 0 Å². The Morgan fingerprint density at radius 1 is 0.826 bits per heavy atom. The highest BCUT2D eigenvalue weighted by Gasteiger charge is 2.08. The van der Waals surface area contributed by atoms with Gasteiger partial charge in [-0.3, -0.25) is 0 Å². The molecule has 0 unspecified atom stereocenters. The third-order valence-electron chi connectivity index (χ3n) is 3.22. The highest BCUT2D eigenvalue weighted by Crippen LogP contribution is 2.27. The lowest BCUT2D eigenvalue weighted by molar-refractivity contribution is 1.13. The van der Waals surface area contributed by atoms with Gasteiger partial charge in [0.1, 0.15) is 5.82 Å². The van der Waals surface area contributed by atoms with Gasteiger partial charge in [0.05, 0.1) is 21.4 Å². The van der Waals surface area contributed by atoms with Gasteiger partial charge in [-0.05, 0) is 31.2 Å². The molecule has 0 aliphatic carbocycles. The third-order valence-corrected chi connectivity index (χ3v) is 3.88. The number of nitrogens with zero attached hydrogens (tertiary/aromatic N) is 2. The van der Waals surface area contributed by atoms with Crippen LogP contribution in [0.5, 0.6) is 0 Å². The van der Waals surface area contributed by atoms with Crippen LogP contribution in [0, 0.1) is 6.92 Å². The second-order valence-electron chi connectivity index (χ2n) is 4.93. The molecule has 0 saturated heterocycles. The average Bonchev–Trinajstić information content (AvgIpc) is 2.55. The van der Waals surface area contributed by atoms with Gasteiger partial charge in [0.25, 0.3) is 0 Å². The minimum Gasteiger partial charge on any atom is -0.339 e.